The van der Waals surface area contributed by atoms with Gasteiger partial charge in [0.1, 0.15) is 6.33 Å². The second-order valence-corrected chi connectivity index (χ2v) is 3.35. The van der Waals surface area contributed by atoms with Gasteiger partial charge in [-0.15, -0.1) is 0 Å². The monoisotopic (exact) mass is 212 g/mol. The number of methoxy groups -OCH3 is 1. The lowest BCUT2D eigenvalue weighted by molar-refractivity contribution is 0.201. The molecule has 0 aliphatic heterocycles. The van der Waals surface area contributed by atoms with Crippen molar-refractivity contribution in [1.29, 1.82) is 0 Å². The molecule has 1 atom stereocenters. The number of ether oxygens (including phenoxy) is 1. The van der Waals surface area contributed by atoms with Crippen LogP contribution in [0, 0.1) is 0 Å². The predicted octanol–water partition coefficient (Wildman–Crippen LogP) is -0.116. The Labute approximate surface area is 88.7 Å². The van der Waals surface area contributed by atoms with Crippen LogP contribution in [0.15, 0.2) is 6.33 Å². The largest absolute Gasteiger partial charge is 0.490 e. The Kier molecular flexibility index (Phi) is 3.68. The van der Waals surface area contributed by atoms with Gasteiger partial charge >= 0.3 is 0 Å². The smallest absolute Gasteiger partial charge is 0.204 e. The zero-order chi connectivity index (χ0) is 11.4. The van der Waals surface area contributed by atoms with Crippen LogP contribution in [0.25, 0.3) is 0 Å². The van der Waals surface area contributed by atoms with E-state index in [9.17, 15) is 5.11 Å². The minimum absolute atomic E-state index is 0.292. The summed E-state index contributed by atoms with van der Waals surface area (Å²) in [5.74, 6) is 1.30. The molecular weight excluding hydrogens is 196 g/mol. The summed E-state index contributed by atoms with van der Waals surface area (Å²) < 4.78 is 5.11. The van der Waals surface area contributed by atoms with E-state index in [2.05, 4.69) is 9.97 Å². The van der Waals surface area contributed by atoms with Crippen molar-refractivity contribution in [2.75, 3.05) is 31.3 Å². The van der Waals surface area contributed by atoms with E-state index in [4.69, 9.17) is 10.5 Å². The third-order valence-corrected chi connectivity index (χ3v) is 1.92. The van der Waals surface area contributed by atoms with E-state index in [0.29, 0.717) is 23.9 Å². The van der Waals surface area contributed by atoms with Gasteiger partial charge in [-0.05, 0) is 6.92 Å². The molecule has 3 N–H and O–H groups in total. The van der Waals surface area contributed by atoms with Crippen LogP contribution in [0.5, 0.6) is 5.75 Å². The van der Waals surface area contributed by atoms with Crippen molar-refractivity contribution in [3.05, 3.63) is 6.33 Å². The first-order chi connectivity index (χ1) is 7.06. The van der Waals surface area contributed by atoms with Crippen LogP contribution in [-0.2, 0) is 0 Å². The molecule has 0 aliphatic carbocycles. The summed E-state index contributed by atoms with van der Waals surface area (Å²) in [5, 5.41) is 9.26. The maximum atomic E-state index is 9.26. The topological polar surface area (TPSA) is 84.5 Å². The summed E-state index contributed by atoms with van der Waals surface area (Å²) in [4.78, 5) is 9.65. The SMILES string of the molecule is COc1c(N)ncnc1N(C)CC(C)O. The molecule has 0 radical (unpaired) electrons. The average molecular weight is 212 g/mol. The summed E-state index contributed by atoms with van der Waals surface area (Å²) in [6.07, 6.45) is 0.919. The van der Waals surface area contributed by atoms with E-state index in [-0.39, 0.29) is 0 Å². The molecule has 6 heteroatoms. The number of nitrogens with two attached hydrogens (primary N) is 1. The lowest BCUT2D eigenvalue weighted by Crippen LogP contribution is -2.28. The van der Waals surface area contributed by atoms with Gasteiger partial charge in [-0.3, -0.25) is 0 Å². The van der Waals surface area contributed by atoms with Crippen molar-refractivity contribution in [2.45, 2.75) is 13.0 Å². The van der Waals surface area contributed by atoms with Gasteiger partial charge in [-0.25, -0.2) is 9.97 Å². The summed E-state index contributed by atoms with van der Waals surface area (Å²) in [7, 11) is 3.31. The molecule has 15 heavy (non-hydrogen) atoms. The Balaban J connectivity index is 2.97. The Morgan fingerprint density at radius 2 is 2.27 bits per heavy atom. The fraction of sp³-hybridized carbons (Fsp3) is 0.556. The van der Waals surface area contributed by atoms with E-state index in [1.807, 2.05) is 0 Å². The van der Waals surface area contributed by atoms with Gasteiger partial charge in [-0.1, -0.05) is 0 Å². The molecule has 0 amide bonds. The first-order valence-corrected chi connectivity index (χ1v) is 4.60. The van der Waals surface area contributed by atoms with E-state index in [0.717, 1.165) is 0 Å². The predicted molar refractivity (Wildman–Crippen MR) is 57.9 cm³/mol. The molecule has 0 fully saturated rings. The maximum absolute atomic E-state index is 9.26. The third-order valence-electron chi connectivity index (χ3n) is 1.92. The van der Waals surface area contributed by atoms with Crippen LogP contribution in [0.1, 0.15) is 6.92 Å². The Morgan fingerprint density at radius 3 is 2.80 bits per heavy atom. The minimum atomic E-state index is -0.448. The molecule has 0 bridgehead atoms. The van der Waals surface area contributed by atoms with Crippen molar-refractivity contribution in [2.24, 2.45) is 0 Å². The van der Waals surface area contributed by atoms with Crippen molar-refractivity contribution < 1.29 is 9.84 Å². The Morgan fingerprint density at radius 1 is 1.60 bits per heavy atom. The normalized spacial score (nSPS) is 12.3. The van der Waals surface area contributed by atoms with Crippen LogP contribution < -0.4 is 15.4 Å². The quantitative estimate of drug-likeness (QED) is 0.724. The van der Waals surface area contributed by atoms with E-state index in [1.54, 1.807) is 18.9 Å². The molecule has 1 heterocycles. The zero-order valence-corrected chi connectivity index (χ0v) is 9.14. The number of anilines is 2. The number of hydrogen-bond acceptors (Lipinski definition) is 6. The molecular formula is C9H16N4O2. The number of hydrogen-bond donors (Lipinski definition) is 2. The molecule has 1 aromatic heterocycles. The minimum Gasteiger partial charge on any atom is -0.490 e. The van der Waals surface area contributed by atoms with Crippen LogP contribution in [0.2, 0.25) is 0 Å². The van der Waals surface area contributed by atoms with Crippen molar-refractivity contribution in [3.63, 3.8) is 0 Å². The van der Waals surface area contributed by atoms with Gasteiger partial charge in [0.25, 0.3) is 0 Å². The number of nitrogens with zero attached hydrogens (tertiary/aromatic N) is 3. The number of nitrogen functional groups attached to an aromatic ring is 1. The van der Waals surface area contributed by atoms with Gasteiger partial charge in [0.05, 0.1) is 13.2 Å². The number of likely N-dealkylation sites (N-methyl/N-ethyl adjacent to an activating group) is 1. The van der Waals surface area contributed by atoms with Gasteiger partial charge in [-0.2, -0.15) is 0 Å². The molecule has 84 valence electrons. The molecule has 0 aromatic carbocycles. The lowest BCUT2D eigenvalue weighted by atomic mass is 10.3. The standard InChI is InChI=1S/C9H16N4O2/c1-6(14)4-13(2)9-7(15-3)8(10)11-5-12-9/h5-6,14H,4H2,1-3H3,(H2,10,11,12). The fourth-order valence-corrected chi connectivity index (χ4v) is 1.33. The van der Waals surface area contributed by atoms with Crippen molar-refractivity contribution >= 4 is 11.6 Å². The van der Waals surface area contributed by atoms with Crippen molar-refractivity contribution in [3.8, 4) is 5.75 Å². The number of aliphatic hydroxyl groups is 1. The lowest BCUT2D eigenvalue weighted by Gasteiger charge is -2.21. The molecule has 6 nitrogen and oxygen atoms in total. The first-order valence-electron chi connectivity index (χ1n) is 4.60. The molecule has 0 aliphatic rings. The molecule has 0 spiro atoms. The van der Waals surface area contributed by atoms with Gasteiger partial charge < -0.3 is 20.5 Å². The van der Waals surface area contributed by atoms with Gasteiger partial charge in [0.2, 0.25) is 5.75 Å². The first kappa shape index (κ1) is 11.5. The summed E-state index contributed by atoms with van der Waals surface area (Å²) in [6, 6.07) is 0. The second-order valence-electron chi connectivity index (χ2n) is 3.35. The van der Waals surface area contributed by atoms with E-state index < -0.39 is 6.10 Å². The Bertz CT molecular complexity index is 330. The van der Waals surface area contributed by atoms with Gasteiger partial charge in [0.15, 0.2) is 11.6 Å². The van der Waals surface area contributed by atoms with Crippen LogP contribution in [-0.4, -0.2) is 41.9 Å². The number of aromatic nitrogens is 2. The second kappa shape index (κ2) is 4.79. The van der Waals surface area contributed by atoms with Crippen LogP contribution in [0.3, 0.4) is 0 Å². The number of aliphatic hydroxyl groups excluding tert-OH is 1. The summed E-state index contributed by atoms with van der Waals surface area (Å²) >= 11 is 0. The molecule has 1 rings (SSSR count). The van der Waals surface area contributed by atoms with E-state index in [1.165, 1.54) is 13.4 Å². The van der Waals surface area contributed by atoms with E-state index >= 15 is 0 Å². The van der Waals surface area contributed by atoms with Crippen LogP contribution in [0.4, 0.5) is 11.6 Å². The Hall–Kier alpha value is -1.56. The molecule has 0 saturated heterocycles. The molecule has 0 saturated carbocycles. The highest BCUT2D eigenvalue weighted by molar-refractivity contribution is 5.62. The van der Waals surface area contributed by atoms with Crippen molar-refractivity contribution in [1.82, 2.24) is 9.97 Å². The summed E-state index contributed by atoms with van der Waals surface area (Å²) in [5.41, 5.74) is 5.64. The maximum Gasteiger partial charge on any atom is 0.204 e. The highest BCUT2D eigenvalue weighted by Crippen LogP contribution is 2.28. The highest BCUT2D eigenvalue weighted by atomic mass is 16.5. The fourth-order valence-electron chi connectivity index (χ4n) is 1.33. The molecule has 1 aromatic rings. The average Bonchev–Trinajstić information content (AvgIpc) is 2.16. The molecule has 1 unspecified atom stereocenters. The van der Waals surface area contributed by atoms with Gasteiger partial charge in [0, 0.05) is 13.6 Å². The summed E-state index contributed by atoms with van der Waals surface area (Å²) in [6.45, 7) is 2.15. The van der Waals surface area contributed by atoms with Crippen LogP contribution >= 0.6 is 0 Å². The number of rotatable bonds is 4. The zero-order valence-electron chi connectivity index (χ0n) is 9.14. The third kappa shape index (κ3) is 2.69. The highest BCUT2D eigenvalue weighted by Gasteiger charge is 2.14.